The molecular weight excluding hydrogens is 463 g/mol. The molecule has 3 rings (SSSR count). The van der Waals surface area contributed by atoms with Crippen LogP contribution >= 0.6 is 27.5 Å². The molecule has 1 aliphatic rings. The van der Waals surface area contributed by atoms with Crippen LogP contribution in [0.3, 0.4) is 0 Å². The molecule has 1 amide bonds. The van der Waals surface area contributed by atoms with Crippen LogP contribution < -0.4 is 4.72 Å². The molecule has 0 saturated heterocycles. The molecule has 140 valence electrons. The summed E-state index contributed by atoms with van der Waals surface area (Å²) in [5.74, 6) is -2.69. The average Bonchev–Trinajstić information content (AvgIpc) is 3.28. The highest BCUT2D eigenvalue weighted by molar-refractivity contribution is 9.10. The zero-order valence-electron chi connectivity index (χ0n) is 12.7. The lowest BCUT2D eigenvalue weighted by Gasteiger charge is -2.08. The molecule has 6 nitrogen and oxygen atoms in total. The minimum atomic E-state index is -4.39. The van der Waals surface area contributed by atoms with Gasteiger partial charge in [-0.25, -0.2) is 18.1 Å². The van der Waals surface area contributed by atoms with Gasteiger partial charge < -0.3 is 4.57 Å². The summed E-state index contributed by atoms with van der Waals surface area (Å²) < 4.78 is 65.4. The fraction of sp³-hybridized carbons (Fsp3) is 0.286. The summed E-state index contributed by atoms with van der Waals surface area (Å²) >= 11 is 8.85. The van der Waals surface area contributed by atoms with Crippen LogP contribution in [0.25, 0.3) is 0 Å². The maximum absolute atomic E-state index is 12.8. The lowest BCUT2D eigenvalue weighted by molar-refractivity contribution is -0.150. The van der Waals surface area contributed by atoms with Crippen LogP contribution in [0.1, 0.15) is 23.0 Å². The number of hydrogen-bond acceptors (Lipinski definition) is 4. The Hall–Kier alpha value is -1.59. The van der Waals surface area contributed by atoms with Crippen LogP contribution in [0.5, 0.6) is 0 Å². The number of nitrogens with one attached hydrogen (secondary N) is 1. The van der Waals surface area contributed by atoms with E-state index in [4.69, 9.17) is 11.6 Å². The van der Waals surface area contributed by atoms with Crippen molar-refractivity contribution in [3.05, 3.63) is 45.9 Å². The first kappa shape index (κ1) is 19.2. The summed E-state index contributed by atoms with van der Waals surface area (Å²) in [4.78, 5) is 15.8. The predicted octanol–water partition coefficient (Wildman–Crippen LogP) is 3.54. The van der Waals surface area contributed by atoms with Gasteiger partial charge in [-0.3, -0.25) is 4.79 Å². The first-order chi connectivity index (χ1) is 12.0. The lowest BCUT2D eigenvalue weighted by Crippen LogP contribution is -2.31. The molecule has 2 unspecified atom stereocenters. The highest BCUT2D eigenvalue weighted by Gasteiger charge is 2.57. The van der Waals surface area contributed by atoms with Gasteiger partial charge in [0.25, 0.3) is 15.9 Å². The van der Waals surface area contributed by atoms with Crippen LogP contribution in [-0.4, -0.2) is 30.1 Å². The number of amides is 1. The minimum Gasteiger partial charge on any atom is -0.305 e. The summed E-state index contributed by atoms with van der Waals surface area (Å²) in [7, 11) is -4.16. The van der Waals surface area contributed by atoms with Crippen LogP contribution in [0.2, 0.25) is 5.28 Å². The molecule has 1 aromatic heterocycles. The van der Waals surface area contributed by atoms with E-state index >= 15 is 0 Å². The van der Waals surface area contributed by atoms with Gasteiger partial charge in [-0.2, -0.15) is 13.2 Å². The Labute approximate surface area is 159 Å². The van der Waals surface area contributed by atoms with Crippen molar-refractivity contribution in [3.8, 4) is 0 Å². The molecule has 1 saturated carbocycles. The number of carbonyl (C=O) groups excluding carboxylic acids is 1. The van der Waals surface area contributed by atoms with Crippen molar-refractivity contribution in [1.82, 2.24) is 14.3 Å². The molecule has 26 heavy (non-hydrogen) atoms. The number of nitrogens with zero attached hydrogens (tertiary/aromatic N) is 2. The summed E-state index contributed by atoms with van der Waals surface area (Å²) in [6, 6.07) is 6.14. The van der Waals surface area contributed by atoms with E-state index in [2.05, 4.69) is 20.9 Å². The Morgan fingerprint density at radius 2 is 1.92 bits per heavy atom. The number of alkyl halides is 3. The zero-order valence-corrected chi connectivity index (χ0v) is 15.8. The molecule has 0 bridgehead atoms. The number of aromatic nitrogens is 2. The largest absolute Gasteiger partial charge is 0.393 e. The monoisotopic (exact) mass is 471 g/mol. The van der Waals surface area contributed by atoms with E-state index < -0.39 is 39.8 Å². The van der Waals surface area contributed by atoms with E-state index in [0.29, 0.717) is 0 Å². The highest BCUT2D eigenvalue weighted by Crippen LogP contribution is 2.55. The maximum Gasteiger partial charge on any atom is 0.393 e. The van der Waals surface area contributed by atoms with Gasteiger partial charge >= 0.3 is 6.18 Å². The van der Waals surface area contributed by atoms with Crippen LogP contribution in [0.15, 0.2) is 39.8 Å². The van der Waals surface area contributed by atoms with Crippen molar-refractivity contribution in [1.29, 1.82) is 0 Å². The molecule has 1 fully saturated rings. The Balaban J connectivity index is 1.85. The number of hydrogen-bond donors (Lipinski definition) is 1. The van der Waals surface area contributed by atoms with Gasteiger partial charge in [0.15, 0.2) is 5.69 Å². The number of sulfonamides is 1. The second kappa shape index (κ2) is 6.54. The molecule has 2 atom stereocenters. The third-order valence-electron chi connectivity index (χ3n) is 3.81. The van der Waals surface area contributed by atoms with Gasteiger partial charge in [-0.15, -0.1) is 0 Å². The van der Waals surface area contributed by atoms with Gasteiger partial charge in [0, 0.05) is 6.04 Å². The highest BCUT2D eigenvalue weighted by atomic mass is 79.9. The lowest BCUT2D eigenvalue weighted by atomic mass is 10.4. The normalized spacial score (nSPS) is 20.0. The number of rotatable bonds is 4. The van der Waals surface area contributed by atoms with Crippen molar-refractivity contribution in [2.75, 3.05) is 0 Å². The summed E-state index contributed by atoms with van der Waals surface area (Å²) in [5, 5.41) is -0.337. The van der Waals surface area contributed by atoms with Crippen molar-refractivity contribution in [3.63, 3.8) is 0 Å². The second-order valence-corrected chi connectivity index (χ2v) is 8.36. The van der Waals surface area contributed by atoms with E-state index in [1.807, 2.05) is 4.72 Å². The van der Waals surface area contributed by atoms with Gasteiger partial charge in [-0.1, -0.05) is 18.2 Å². The van der Waals surface area contributed by atoms with Gasteiger partial charge in [-0.05, 0) is 46.1 Å². The van der Waals surface area contributed by atoms with E-state index in [1.165, 1.54) is 24.3 Å². The zero-order chi connectivity index (χ0) is 19.3. The van der Waals surface area contributed by atoms with Crippen molar-refractivity contribution >= 4 is 43.5 Å². The molecule has 0 spiro atoms. The van der Waals surface area contributed by atoms with Gasteiger partial charge in [0.1, 0.15) is 4.60 Å². The number of benzene rings is 1. The molecule has 1 aliphatic carbocycles. The third-order valence-corrected chi connectivity index (χ3v) is 6.19. The van der Waals surface area contributed by atoms with Crippen molar-refractivity contribution < 1.29 is 26.4 Å². The van der Waals surface area contributed by atoms with Gasteiger partial charge in [0.2, 0.25) is 5.28 Å². The molecule has 1 aromatic carbocycles. The molecule has 1 N–H and O–H groups in total. The van der Waals surface area contributed by atoms with E-state index in [9.17, 15) is 26.4 Å². The quantitative estimate of drug-likeness (QED) is 0.738. The molecule has 2 aromatic rings. The predicted molar refractivity (Wildman–Crippen MR) is 89.2 cm³/mol. The maximum atomic E-state index is 12.8. The summed E-state index contributed by atoms with van der Waals surface area (Å²) in [5.41, 5.74) is -0.415. The molecule has 0 radical (unpaired) electrons. The topological polar surface area (TPSA) is 81.1 Å². The Kier molecular flexibility index (Phi) is 4.82. The summed E-state index contributed by atoms with van der Waals surface area (Å²) in [6.07, 6.45) is -4.58. The van der Waals surface area contributed by atoms with Crippen LogP contribution in [-0.2, 0) is 10.0 Å². The fourth-order valence-corrected chi connectivity index (χ4v) is 4.53. The van der Waals surface area contributed by atoms with E-state index in [0.717, 1.165) is 4.57 Å². The van der Waals surface area contributed by atoms with Gasteiger partial charge in [0.05, 0.1) is 10.8 Å². The smallest absolute Gasteiger partial charge is 0.305 e. The third kappa shape index (κ3) is 3.60. The number of carbonyl (C=O) groups is 1. The summed E-state index contributed by atoms with van der Waals surface area (Å²) in [6.45, 7) is 0. The molecular formula is C14H10BrClF3N3O3S. The van der Waals surface area contributed by atoms with Crippen LogP contribution in [0.4, 0.5) is 13.2 Å². The minimum absolute atomic E-state index is 0.111. The van der Waals surface area contributed by atoms with E-state index in [1.54, 1.807) is 6.07 Å². The average molecular weight is 473 g/mol. The molecule has 12 heteroatoms. The molecule has 1 heterocycles. The van der Waals surface area contributed by atoms with Crippen LogP contribution in [0, 0.1) is 5.92 Å². The molecule has 0 aliphatic heterocycles. The van der Waals surface area contributed by atoms with Crippen molar-refractivity contribution in [2.24, 2.45) is 5.92 Å². The first-order valence-corrected chi connectivity index (χ1v) is 9.80. The number of imidazole rings is 1. The standard InChI is InChI=1S/C14H10BrClF3N3O3S/c15-11-10(12(23)21-26(24,25)7-4-2-1-3-5-7)20-13(16)22(11)9-6-8(9)14(17,18)19/h1-5,8-9H,6H2,(H,21,23). The Bertz CT molecular complexity index is 963. The SMILES string of the molecule is O=C(NS(=O)(=O)c1ccccc1)c1nc(Cl)n(C2CC2C(F)(F)F)c1Br. The Morgan fingerprint density at radius 1 is 1.31 bits per heavy atom. The number of halogens is 5. The Morgan fingerprint density at radius 3 is 2.46 bits per heavy atom. The van der Waals surface area contributed by atoms with E-state index in [-0.39, 0.29) is 21.2 Å². The van der Waals surface area contributed by atoms with Crippen molar-refractivity contribution in [2.45, 2.75) is 23.5 Å². The first-order valence-electron chi connectivity index (χ1n) is 7.14. The fourth-order valence-electron chi connectivity index (χ4n) is 2.46. The second-order valence-electron chi connectivity index (χ2n) is 5.59.